The summed E-state index contributed by atoms with van der Waals surface area (Å²) in [7, 11) is -2.90. The summed E-state index contributed by atoms with van der Waals surface area (Å²) in [6.07, 6.45) is 0.696. The summed E-state index contributed by atoms with van der Waals surface area (Å²) < 4.78 is 29.2. The first-order valence-electron chi connectivity index (χ1n) is 9.89. The number of benzene rings is 1. The average molecular weight is 470 g/mol. The monoisotopic (exact) mass is 469 g/mol. The third kappa shape index (κ3) is 4.96. The highest BCUT2D eigenvalue weighted by Gasteiger charge is 2.34. The van der Waals surface area contributed by atoms with Gasteiger partial charge in [-0.05, 0) is 37.6 Å². The van der Waals surface area contributed by atoms with Gasteiger partial charge >= 0.3 is 0 Å². The Bertz CT molecular complexity index is 1020. The molecule has 0 aliphatic carbocycles. The normalized spacial score (nSPS) is 21.7. The Balaban J connectivity index is 1.33. The molecule has 1 unspecified atom stereocenters. The van der Waals surface area contributed by atoms with E-state index in [1.165, 1.54) is 11.3 Å². The number of aromatic nitrogens is 1. The van der Waals surface area contributed by atoms with Crippen LogP contribution in [0.4, 0.5) is 0 Å². The Labute approximate surface area is 185 Å². The van der Waals surface area contributed by atoms with Crippen LogP contribution in [0.15, 0.2) is 24.3 Å². The fraction of sp³-hybridized carbons (Fsp3) is 0.500. The van der Waals surface area contributed by atoms with Crippen LogP contribution in [0, 0.1) is 6.92 Å². The first-order valence-corrected chi connectivity index (χ1v) is 12.9. The largest absolute Gasteiger partial charge is 0.486 e. The van der Waals surface area contributed by atoms with Gasteiger partial charge < -0.3 is 9.64 Å². The Morgan fingerprint density at radius 1 is 1.23 bits per heavy atom. The van der Waals surface area contributed by atoms with Gasteiger partial charge in [-0.15, -0.1) is 11.3 Å². The van der Waals surface area contributed by atoms with Crippen molar-refractivity contribution in [2.45, 2.75) is 26.0 Å². The third-order valence-corrected chi connectivity index (χ3v) is 8.66. The molecule has 1 atom stereocenters. The minimum atomic E-state index is -2.90. The maximum Gasteiger partial charge on any atom is 0.265 e. The van der Waals surface area contributed by atoms with E-state index in [0.717, 1.165) is 5.01 Å². The minimum Gasteiger partial charge on any atom is -0.486 e. The molecular formula is C20H24ClN3O4S2. The number of sulfone groups is 1. The number of thiazole rings is 1. The Morgan fingerprint density at radius 3 is 2.57 bits per heavy atom. The summed E-state index contributed by atoms with van der Waals surface area (Å²) in [5.74, 6) is 1.20. The lowest BCUT2D eigenvalue weighted by Gasteiger charge is -2.37. The van der Waals surface area contributed by atoms with Crippen molar-refractivity contribution < 1.29 is 17.9 Å². The Hall–Kier alpha value is -1.68. The number of halogens is 1. The van der Waals surface area contributed by atoms with E-state index in [0.29, 0.717) is 60.5 Å². The van der Waals surface area contributed by atoms with Crippen molar-refractivity contribution in [3.8, 4) is 5.75 Å². The quantitative estimate of drug-likeness (QED) is 0.669. The topological polar surface area (TPSA) is 79.8 Å². The van der Waals surface area contributed by atoms with E-state index in [1.807, 2.05) is 11.8 Å². The molecule has 0 bridgehead atoms. The van der Waals surface area contributed by atoms with Gasteiger partial charge in [0.1, 0.15) is 22.2 Å². The molecule has 2 fully saturated rings. The van der Waals surface area contributed by atoms with Gasteiger partial charge in [0, 0.05) is 37.2 Å². The fourth-order valence-corrected chi connectivity index (χ4v) is 6.72. The van der Waals surface area contributed by atoms with E-state index in [9.17, 15) is 13.2 Å². The number of nitrogens with zero attached hydrogens (tertiary/aromatic N) is 3. The molecular weight excluding hydrogens is 446 g/mol. The highest BCUT2D eigenvalue weighted by molar-refractivity contribution is 7.91. The van der Waals surface area contributed by atoms with Crippen molar-refractivity contribution in [2.24, 2.45) is 0 Å². The van der Waals surface area contributed by atoms with E-state index in [2.05, 4.69) is 9.88 Å². The van der Waals surface area contributed by atoms with Crippen LogP contribution in [0.1, 0.15) is 26.8 Å². The summed E-state index contributed by atoms with van der Waals surface area (Å²) >= 11 is 7.25. The number of ether oxygens (including phenoxy) is 1. The number of carbonyl (C=O) groups excluding carboxylic acids is 1. The van der Waals surface area contributed by atoms with Crippen molar-refractivity contribution in [1.29, 1.82) is 0 Å². The standard InChI is InChI=1S/C20H24ClN3O4S2/c1-14-19(29-18(22-14)12-28-17-4-2-15(21)3-5-17)20(25)24-9-7-23(8-10-24)16-6-11-30(26,27)13-16/h2-5,16H,6-13H2,1H3. The molecule has 2 aliphatic heterocycles. The SMILES string of the molecule is Cc1nc(COc2ccc(Cl)cc2)sc1C(=O)N1CCN(C2CCS(=O)(=O)C2)CC1. The summed E-state index contributed by atoms with van der Waals surface area (Å²) in [5, 5.41) is 1.40. The van der Waals surface area contributed by atoms with Gasteiger partial charge in [0.05, 0.1) is 17.2 Å². The molecule has 30 heavy (non-hydrogen) atoms. The smallest absolute Gasteiger partial charge is 0.265 e. The molecule has 0 N–H and O–H groups in total. The van der Waals surface area contributed by atoms with Crippen LogP contribution < -0.4 is 4.74 Å². The molecule has 0 saturated carbocycles. The molecule has 2 aromatic rings. The predicted molar refractivity (Wildman–Crippen MR) is 117 cm³/mol. The highest BCUT2D eigenvalue weighted by atomic mass is 35.5. The number of carbonyl (C=O) groups is 1. The van der Waals surface area contributed by atoms with Crippen molar-refractivity contribution >= 4 is 38.7 Å². The lowest BCUT2D eigenvalue weighted by molar-refractivity contribution is 0.0591. The number of piperazine rings is 1. The van der Waals surface area contributed by atoms with E-state index in [4.69, 9.17) is 16.3 Å². The Morgan fingerprint density at radius 2 is 1.93 bits per heavy atom. The molecule has 2 aliphatic rings. The van der Waals surface area contributed by atoms with Crippen molar-refractivity contribution in [3.63, 3.8) is 0 Å². The summed E-state index contributed by atoms with van der Waals surface area (Å²) in [4.78, 5) is 22.2. The molecule has 4 rings (SSSR count). The first kappa shape index (κ1) is 21.5. The molecule has 1 aromatic heterocycles. The zero-order valence-corrected chi connectivity index (χ0v) is 19.1. The number of rotatable bonds is 5. The second kappa shape index (κ2) is 8.82. The highest BCUT2D eigenvalue weighted by Crippen LogP contribution is 2.24. The van der Waals surface area contributed by atoms with E-state index in [-0.39, 0.29) is 23.5 Å². The molecule has 0 spiro atoms. The van der Waals surface area contributed by atoms with Crippen molar-refractivity contribution in [1.82, 2.24) is 14.8 Å². The zero-order valence-electron chi connectivity index (χ0n) is 16.7. The molecule has 7 nitrogen and oxygen atoms in total. The van der Waals surface area contributed by atoms with Crippen LogP contribution >= 0.6 is 22.9 Å². The molecule has 0 radical (unpaired) electrons. The van der Waals surface area contributed by atoms with Crippen LogP contribution in [0.2, 0.25) is 5.02 Å². The summed E-state index contributed by atoms with van der Waals surface area (Å²) in [6, 6.07) is 7.21. The fourth-order valence-electron chi connectivity index (χ4n) is 3.89. The molecule has 1 aromatic carbocycles. The van der Waals surface area contributed by atoms with Gasteiger partial charge in [-0.3, -0.25) is 9.69 Å². The van der Waals surface area contributed by atoms with Gasteiger partial charge in [0.15, 0.2) is 9.84 Å². The maximum absolute atomic E-state index is 13.0. The number of hydrogen-bond donors (Lipinski definition) is 0. The average Bonchev–Trinajstić information content (AvgIpc) is 3.29. The van der Waals surface area contributed by atoms with Gasteiger partial charge in [-0.25, -0.2) is 13.4 Å². The van der Waals surface area contributed by atoms with Crippen molar-refractivity contribution in [3.05, 3.63) is 44.9 Å². The molecule has 10 heteroatoms. The Kier molecular flexibility index (Phi) is 6.34. The summed E-state index contributed by atoms with van der Waals surface area (Å²) in [5.41, 5.74) is 0.712. The van der Waals surface area contributed by atoms with Crippen LogP contribution in [0.5, 0.6) is 5.75 Å². The number of hydrogen-bond acceptors (Lipinski definition) is 7. The maximum atomic E-state index is 13.0. The third-order valence-electron chi connectivity index (χ3n) is 5.54. The molecule has 2 saturated heterocycles. The van der Waals surface area contributed by atoms with Crippen LogP contribution in [0.25, 0.3) is 0 Å². The van der Waals surface area contributed by atoms with Crippen LogP contribution in [-0.2, 0) is 16.4 Å². The molecule has 162 valence electrons. The predicted octanol–water partition coefficient (Wildman–Crippen LogP) is 2.63. The van der Waals surface area contributed by atoms with Gasteiger partial charge in [0.25, 0.3) is 5.91 Å². The number of amides is 1. The lowest BCUT2D eigenvalue weighted by Crippen LogP contribution is -2.52. The zero-order chi connectivity index (χ0) is 21.3. The lowest BCUT2D eigenvalue weighted by atomic mass is 10.2. The second-order valence-electron chi connectivity index (χ2n) is 7.65. The van der Waals surface area contributed by atoms with Gasteiger partial charge in [-0.1, -0.05) is 11.6 Å². The minimum absolute atomic E-state index is 0.0126. The molecule has 3 heterocycles. The van der Waals surface area contributed by atoms with Crippen LogP contribution in [-0.4, -0.2) is 72.8 Å². The summed E-state index contributed by atoms with van der Waals surface area (Å²) in [6.45, 7) is 4.75. The van der Waals surface area contributed by atoms with E-state index in [1.54, 1.807) is 24.3 Å². The van der Waals surface area contributed by atoms with Crippen LogP contribution in [0.3, 0.4) is 0 Å². The molecule has 1 amide bonds. The van der Waals surface area contributed by atoms with Gasteiger partial charge in [0.2, 0.25) is 0 Å². The van der Waals surface area contributed by atoms with E-state index < -0.39 is 9.84 Å². The van der Waals surface area contributed by atoms with Gasteiger partial charge in [-0.2, -0.15) is 0 Å². The number of aryl methyl sites for hydroxylation is 1. The van der Waals surface area contributed by atoms with Crippen molar-refractivity contribution in [2.75, 3.05) is 37.7 Å². The second-order valence-corrected chi connectivity index (χ2v) is 11.4. The van der Waals surface area contributed by atoms with E-state index >= 15 is 0 Å². The first-order chi connectivity index (χ1) is 14.3.